The van der Waals surface area contributed by atoms with Gasteiger partial charge >= 0.3 is 0 Å². The van der Waals surface area contributed by atoms with Crippen LogP contribution < -0.4 is 24.8 Å². The second-order valence-electron chi connectivity index (χ2n) is 7.19. The van der Waals surface area contributed by atoms with Gasteiger partial charge in [-0.1, -0.05) is 24.3 Å². The maximum Gasteiger partial charge on any atom is 0.266 e. The Kier molecular flexibility index (Phi) is 8.85. The monoisotopic (exact) mass is 471 g/mol. The summed E-state index contributed by atoms with van der Waals surface area (Å²) in [7, 11) is 1.57. The lowest BCUT2D eigenvalue weighted by Gasteiger charge is -2.13. The third kappa shape index (κ3) is 7.37. The number of anilines is 2. The van der Waals surface area contributed by atoms with Gasteiger partial charge < -0.3 is 24.8 Å². The lowest BCUT2D eigenvalue weighted by atomic mass is 10.1. The molecular formula is C27H25N3O5. The first-order chi connectivity index (χ1) is 17.0. The van der Waals surface area contributed by atoms with E-state index in [-0.39, 0.29) is 18.1 Å². The summed E-state index contributed by atoms with van der Waals surface area (Å²) in [6.07, 6.45) is 1.46. The quantitative estimate of drug-likeness (QED) is 0.329. The highest BCUT2D eigenvalue weighted by Gasteiger charge is 2.13. The van der Waals surface area contributed by atoms with Gasteiger partial charge in [0, 0.05) is 11.4 Å². The highest BCUT2D eigenvalue weighted by molar-refractivity contribution is 6.09. The predicted molar refractivity (Wildman–Crippen MR) is 133 cm³/mol. The molecule has 0 aliphatic heterocycles. The standard InChI is InChI=1S/C27H25N3O5/c1-3-34-25-16-19(15-20(17-28)27(32)30-21-7-5-4-6-8-21)9-14-24(25)35-18-26(31)29-22-10-12-23(33-2)13-11-22/h4-16H,3,18H2,1-2H3,(H,29,31)(H,30,32)/b20-15+. The van der Waals surface area contributed by atoms with Crippen LogP contribution in [-0.2, 0) is 9.59 Å². The molecular weight excluding hydrogens is 446 g/mol. The van der Waals surface area contributed by atoms with Crippen molar-refractivity contribution in [3.05, 3.63) is 83.9 Å². The van der Waals surface area contributed by atoms with Crippen LogP contribution in [-0.4, -0.2) is 32.1 Å². The second kappa shape index (κ2) is 12.5. The molecule has 0 aliphatic carbocycles. The Morgan fingerprint density at radius 3 is 2.29 bits per heavy atom. The zero-order valence-electron chi connectivity index (χ0n) is 19.4. The van der Waals surface area contributed by atoms with Crippen LogP contribution in [0.25, 0.3) is 6.08 Å². The Bertz CT molecular complexity index is 1230. The van der Waals surface area contributed by atoms with Crippen LogP contribution in [0, 0.1) is 11.3 Å². The number of nitrogens with one attached hydrogen (secondary N) is 2. The van der Waals surface area contributed by atoms with Gasteiger partial charge in [-0.15, -0.1) is 0 Å². The summed E-state index contributed by atoms with van der Waals surface area (Å²) in [5.74, 6) is 0.574. The molecule has 2 amide bonds. The first-order valence-electron chi connectivity index (χ1n) is 10.8. The van der Waals surface area contributed by atoms with Gasteiger partial charge in [-0.05, 0) is 67.1 Å². The summed E-state index contributed by atoms with van der Waals surface area (Å²) >= 11 is 0. The molecule has 0 fully saturated rings. The summed E-state index contributed by atoms with van der Waals surface area (Å²) in [4.78, 5) is 24.8. The molecule has 8 heteroatoms. The molecule has 178 valence electrons. The van der Waals surface area contributed by atoms with Gasteiger partial charge in [-0.2, -0.15) is 5.26 Å². The minimum atomic E-state index is -0.521. The van der Waals surface area contributed by atoms with E-state index in [0.717, 1.165) is 0 Å². The zero-order chi connectivity index (χ0) is 25.0. The minimum absolute atomic E-state index is 0.0659. The number of rotatable bonds is 10. The molecule has 3 aromatic rings. The van der Waals surface area contributed by atoms with Crippen molar-refractivity contribution in [3.8, 4) is 23.3 Å². The lowest BCUT2D eigenvalue weighted by molar-refractivity contribution is -0.118. The molecule has 0 spiro atoms. The maximum absolute atomic E-state index is 12.5. The number of hydrogen-bond acceptors (Lipinski definition) is 6. The fourth-order valence-corrected chi connectivity index (χ4v) is 3.05. The molecule has 0 saturated carbocycles. The third-order valence-electron chi connectivity index (χ3n) is 4.71. The molecule has 0 heterocycles. The van der Waals surface area contributed by atoms with Crippen molar-refractivity contribution >= 4 is 29.3 Å². The molecule has 0 bridgehead atoms. The number of carbonyl (C=O) groups is 2. The minimum Gasteiger partial charge on any atom is -0.497 e. The molecule has 0 radical (unpaired) electrons. The number of ether oxygens (including phenoxy) is 3. The lowest BCUT2D eigenvalue weighted by Crippen LogP contribution is -2.20. The van der Waals surface area contributed by atoms with Crippen LogP contribution in [0.2, 0.25) is 0 Å². The van der Waals surface area contributed by atoms with Crippen molar-refractivity contribution in [3.63, 3.8) is 0 Å². The van der Waals surface area contributed by atoms with Crippen LogP contribution in [0.4, 0.5) is 11.4 Å². The molecule has 3 rings (SSSR count). The van der Waals surface area contributed by atoms with Gasteiger partial charge in [-0.25, -0.2) is 0 Å². The van der Waals surface area contributed by atoms with E-state index in [1.54, 1.807) is 73.8 Å². The van der Waals surface area contributed by atoms with Crippen molar-refractivity contribution in [2.75, 3.05) is 31.0 Å². The highest BCUT2D eigenvalue weighted by Crippen LogP contribution is 2.29. The predicted octanol–water partition coefficient (Wildman–Crippen LogP) is 4.66. The molecule has 0 unspecified atom stereocenters. The molecule has 3 aromatic carbocycles. The van der Waals surface area contributed by atoms with E-state index in [2.05, 4.69) is 10.6 Å². The summed E-state index contributed by atoms with van der Waals surface area (Å²) in [5.41, 5.74) is 1.71. The normalized spacial score (nSPS) is 10.6. The Labute approximate surface area is 203 Å². The van der Waals surface area contributed by atoms with Gasteiger partial charge in [0.2, 0.25) is 0 Å². The van der Waals surface area contributed by atoms with E-state index in [1.165, 1.54) is 6.08 Å². The Morgan fingerprint density at radius 1 is 0.914 bits per heavy atom. The topological polar surface area (TPSA) is 110 Å². The number of methoxy groups -OCH3 is 1. The van der Waals surface area contributed by atoms with E-state index in [4.69, 9.17) is 14.2 Å². The van der Waals surface area contributed by atoms with Gasteiger partial charge in [0.05, 0.1) is 13.7 Å². The van der Waals surface area contributed by atoms with Crippen LogP contribution in [0.15, 0.2) is 78.4 Å². The highest BCUT2D eigenvalue weighted by atomic mass is 16.5. The van der Waals surface area contributed by atoms with Crippen molar-refractivity contribution in [1.29, 1.82) is 5.26 Å². The van der Waals surface area contributed by atoms with Crippen LogP contribution in [0.3, 0.4) is 0 Å². The molecule has 0 aromatic heterocycles. The first-order valence-corrected chi connectivity index (χ1v) is 10.8. The zero-order valence-corrected chi connectivity index (χ0v) is 19.4. The van der Waals surface area contributed by atoms with Crippen LogP contribution in [0.5, 0.6) is 17.2 Å². The smallest absolute Gasteiger partial charge is 0.266 e. The molecule has 35 heavy (non-hydrogen) atoms. The Balaban J connectivity index is 1.68. The Hall–Kier alpha value is -4.77. The van der Waals surface area contributed by atoms with Gasteiger partial charge in [-0.3, -0.25) is 9.59 Å². The van der Waals surface area contributed by atoms with Crippen molar-refractivity contribution in [2.24, 2.45) is 0 Å². The molecule has 0 atom stereocenters. The van der Waals surface area contributed by atoms with Crippen molar-refractivity contribution in [1.82, 2.24) is 0 Å². The van der Waals surface area contributed by atoms with E-state index >= 15 is 0 Å². The molecule has 8 nitrogen and oxygen atoms in total. The number of carbonyl (C=O) groups excluding carboxylic acids is 2. The SMILES string of the molecule is CCOc1cc(/C=C(\C#N)C(=O)Nc2ccccc2)ccc1OCC(=O)Nc1ccc(OC)cc1. The number of amides is 2. The van der Waals surface area contributed by atoms with Crippen LogP contribution in [0.1, 0.15) is 12.5 Å². The fraction of sp³-hybridized carbons (Fsp3) is 0.148. The average molecular weight is 472 g/mol. The van der Waals surface area contributed by atoms with E-state index in [1.807, 2.05) is 19.1 Å². The largest absolute Gasteiger partial charge is 0.497 e. The molecule has 0 saturated heterocycles. The van der Waals surface area contributed by atoms with Crippen molar-refractivity contribution in [2.45, 2.75) is 6.92 Å². The Morgan fingerprint density at radius 2 is 1.63 bits per heavy atom. The second-order valence-corrected chi connectivity index (χ2v) is 7.19. The van der Waals surface area contributed by atoms with E-state index < -0.39 is 5.91 Å². The number of nitrogens with zero attached hydrogens (tertiary/aromatic N) is 1. The van der Waals surface area contributed by atoms with E-state index in [0.29, 0.717) is 40.8 Å². The molecule has 0 aliphatic rings. The van der Waals surface area contributed by atoms with Gasteiger partial charge in [0.25, 0.3) is 11.8 Å². The van der Waals surface area contributed by atoms with Gasteiger partial charge in [0.1, 0.15) is 17.4 Å². The molecule has 2 N–H and O–H groups in total. The summed E-state index contributed by atoms with van der Waals surface area (Å²) in [6.45, 7) is 1.95. The maximum atomic E-state index is 12.5. The average Bonchev–Trinajstić information content (AvgIpc) is 2.88. The summed E-state index contributed by atoms with van der Waals surface area (Å²) in [5, 5.41) is 14.9. The summed E-state index contributed by atoms with van der Waals surface area (Å²) in [6, 6.07) is 22.7. The fourth-order valence-electron chi connectivity index (χ4n) is 3.05. The number of nitriles is 1. The number of benzene rings is 3. The van der Waals surface area contributed by atoms with Gasteiger partial charge in [0.15, 0.2) is 18.1 Å². The van der Waals surface area contributed by atoms with Crippen LogP contribution >= 0.6 is 0 Å². The number of hydrogen-bond donors (Lipinski definition) is 2. The van der Waals surface area contributed by atoms with E-state index in [9.17, 15) is 14.9 Å². The first kappa shape index (κ1) is 24.9. The van der Waals surface area contributed by atoms with Crippen molar-refractivity contribution < 1.29 is 23.8 Å². The number of para-hydroxylation sites is 1. The third-order valence-corrected chi connectivity index (χ3v) is 4.71. The summed E-state index contributed by atoms with van der Waals surface area (Å²) < 4.78 is 16.4.